The molecule has 0 fully saturated rings. The van der Waals surface area contributed by atoms with Gasteiger partial charge in [-0.1, -0.05) is 42.0 Å². The third-order valence-corrected chi connectivity index (χ3v) is 2.86. The number of aryl methyl sites for hydroxylation is 1. The number of benzene rings is 2. The van der Waals surface area contributed by atoms with E-state index in [4.69, 9.17) is 4.74 Å². The number of hydrogen-bond acceptors (Lipinski definition) is 3. The van der Waals surface area contributed by atoms with E-state index in [1.807, 2.05) is 37.3 Å². The van der Waals surface area contributed by atoms with Crippen molar-refractivity contribution in [1.29, 1.82) is 0 Å². The molecule has 3 nitrogen and oxygen atoms in total. The molecule has 0 saturated heterocycles. The summed E-state index contributed by atoms with van der Waals surface area (Å²) < 4.78 is 5.18. The molecule has 0 aromatic heterocycles. The standard InChI is InChI=1S/C14H15BO3/c1-10-4-3-5-11(8-10)12-6-7-13(15(16)17)14(9-12)18-2/h3-9,16-17H,1-2H3. The van der Waals surface area contributed by atoms with Gasteiger partial charge in [0.05, 0.1) is 7.11 Å². The van der Waals surface area contributed by atoms with Gasteiger partial charge in [-0.25, -0.2) is 0 Å². The second kappa shape index (κ2) is 5.25. The zero-order valence-corrected chi connectivity index (χ0v) is 10.4. The first-order chi connectivity index (χ1) is 8.61. The summed E-state index contributed by atoms with van der Waals surface area (Å²) in [4.78, 5) is 0. The lowest BCUT2D eigenvalue weighted by molar-refractivity contribution is 0.403. The fraction of sp³-hybridized carbons (Fsp3) is 0.143. The van der Waals surface area contributed by atoms with E-state index >= 15 is 0 Å². The van der Waals surface area contributed by atoms with Gasteiger partial charge >= 0.3 is 7.12 Å². The Morgan fingerprint density at radius 2 is 1.72 bits per heavy atom. The molecule has 2 aromatic rings. The van der Waals surface area contributed by atoms with Crippen molar-refractivity contribution in [2.75, 3.05) is 7.11 Å². The Balaban J connectivity index is 2.47. The molecule has 0 unspecified atom stereocenters. The van der Waals surface area contributed by atoms with Crippen LogP contribution in [0.15, 0.2) is 42.5 Å². The Kier molecular flexibility index (Phi) is 3.70. The molecule has 0 aliphatic rings. The summed E-state index contributed by atoms with van der Waals surface area (Å²) in [7, 11) is -0.00663. The van der Waals surface area contributed by atoms with Crippen LogP contribution < -0.4 is 10.2 Å². The smallest absolute Gasteiger partial charge is 0.492 e. The monoisotopic (exact) mass is 242 g/mol. The number of rotatable bonds is 3. The highest BCUT2D eigenvalue weighted by atomic mass is 16.5. The van der Waals surface area contributed by atoms with Crippen LogP contribution in [0.2, 0.25) is 0 Å². The van der Waals surface area contributed by atoms with Crippen LogP contribution >= 0.6 is 0 Å². The second-order valence-corrected chi connectivity index (χ2v) is 4.20. The Morgan fingerprint density at radius 3 is 2.33 bits per heavy atom. The minimum atomic E-state index is -1.52. The predicted octanol–water partition coefficient (Wildman–Crippen LogP) is 1.35. The normalized spacial score (nSPS) is 10.2. The molecule has 0 bridgehead atoms. The molecule has 0 atom stereocenters. The number of ether oxygens (including phenoxy) is 1. The molecule has 4 heteroatoms. The van der Waals surface area contributed by atoms with Crippen molar-refractivity contribution >= 4 is 12.6 Å². The fourth-order valence-electron chi connectivity index (χ4n) is 1.93. The van der Waals surface area contributed by atoms with Crippen LogP contribution in [0.1, 0.15) is 5.56 Å². The minimum absolute atomic E-state index is 0.369. The molecule has 0 amide bonds. The SMILES string of the molecule is COc1cc(-c2cccc(C)c2)ccc1B(O)O. The molecule has 18 heavy (non-hydrogen) atoms. The van der Waals surface area contributed by atoms with Crippen molar-refractivity contribution in [3.8, 4) is 16.9 Å². The lowest BCUT2D eigenvalue weighted by Crippen LogP contribution is -2.31. The van der Waals surface area contributed by atoms with Gasteiger partial charge < -0.3 is 14.8 Å². The van der Waals surface area contributed by atoms with E-state index in [2.05, 4.69) is 6.07 Å². The zero-order chi connectivity index (χ0) is 13.1. The van der Waals surface area contributed by atoms with Gasteiger partial charge in [0.1, 0.15) is 5.75 Å². The number of methoxy groups -OCH3 is 1. The van der Waals surface area contributed by atoms with Crippen molar-refractivity contribution in [3.05, 3.63) is 48.0 Å². The van der Waals surface area contributed by atoms with Crippen molar-refractivity contribution in [3.63, 3.8) is 0 Å². The van der Waals surface area contributed by atoms with Crippen molar-refractivity contribution in [1.82, 2.24) is 0 Å². The van der Waals surface area contributed by atoms with E-state index in [0.29, 0.717) is 11.2 Å². The second-order valence-electron chi connectivity index (χ2n) is 4.20. The Morgan fingerprint density at radius 1 is 1.00 bits per heavy atom. The molecule has 2 aromatic carbocycles. The highest BCUT2D eigenvalue weighted by molar-refractivity contribution is 6.59. The van der Waals surface area contributed by atoms with Crippen LogP contribution in [-0.4, -0.2) is 24.3 Å². The van der Waals surface area contributed by atoms with E-state index in [1.165, 1.54) is 12.7 Å². The number of hydrogen-bond donors (Lipinski definition) is 2. The van der Waals surface area contributed by atoms with Gasteiger partial charge in [-0.2, -0.15) is 0 Å². The Bertz CT molecular complexity index is 552. The van der Waals surface area contributed by atoms with E-state index in [9.17, 15) is 10.0 Å². The molecule has 0 aliphatic carbocycles. The van der Waals surface area contributed by atoms with Gasteiger partial charge in [0.25, 0.3) is 0 Å². The topological polar surface area (TPSA) is 49.7 Å². The van der Waals surface area contributed by atoms with Crippen molar-refractivity contribution in [2.45, 2.75) is 6.92 Å². The lowest BCUT2D eigenvalue weighted by Gasteiger charge is -2.10. The van der Waals surface area contributed by atoms with Crippen molar-refractivity contribution < 1.29 is 14.8 Å². The van der Waals surface area contributed by atoms with Crippen LogP contribution in [-0.2, 0) is 0 Å². The summed E-state index contributed by atoms with van der Waals surface area (Å²) in [5.74, 6) is 0.476. The average Bonchev–Trinajstić information content (AvgIpc) is 2.37. The first-order valence-electron chi connectivity index (χ1n) is 5.73. The maximum Gasteiger partial charge on any atom is 0.492 e. The molecule has 0 aliphatic heterocycles. The van der Waals surface area contributed by atoms with E-state index in [0.717, 1.165) is 11.1 Å². The first-order valence-corrected chi connectivity index (χ1v) is 5.73. The van der Waals surface area contributed by atoms with Gasteiger partial charge in [0, 0.05) is 5.46 Å². The third-order valence-electron chi connectivity index (χ3n) is 2.86. The van der Waals surface area contributed by atoms with Crippen LogP contribution in [0, 0.1) is 6.92 Å². The fourth-order valence-corrected chi connectivity index (χ4v) is 1.93. The summed E-state index contributed by atoms with van der Waals surface area (Å²) in [5.41, 5.74) is 3.61. The highest BCUT2D eigenvalue weighted by Crippen LogP contribution is 2.23. The zero-order valence-electron chi connectivity index (χ0n) is 10.4. The Hall–Kier alpha value is -1.78. The van der Waals surface area contributed by atoms with Gasteiger partial charge in [0.2, 0.25) is 0 Å². The summed E-state index contributed by atoms with van der Waals surface area (Å²) in [6.07, 6.45) is 0. The van der Waals surface area contributed by atoms with E-state index in [1.54, 1.807) is 6.07 Å². The van der Waals surface area contributed by atoms with E-state index in [-0.39, 0.29) is 0 Å². The minimum Gasteiger partial charge on any atom is -0.497 e. The summed E-state index contributed by atoms with van der Waals surface area (Å²) in [6, 6.07) is 13.4. The maximum absolute atomic E-state index is 9.22. The summed E-state index contributed by atoms with van der Waals surface area (Å²) in [6.45, 7) is 2.03. The van der Waals surface area contributed by atoms with E-state index < -0.39 is 7.12 Å². The highest BCUT2D eigenvalue weighted by Gasteiger charge is 2.17. The molecule has 2 rings (SSSR count). The molecule has 2 N–H and O–H groups in total. The molecule has 0 radical (unpaired) electrons. The maximum atomic E-state index is 9.22. The van der Waals surface area contributed by atoms with Crippen LogP contribution in [0.3, 0.4) is 0 Å². The van der Waals surface area contributed by atoms with Crippen LogP contribution in [0.4, 0.5) is 0 Å². The van der Waals surface area contributed by atoms with Gasteiger partial charge in [0.15, 0.2) is 0 Å². The summed E-state index contributed by atoms with van der Waals surface area (Å²) >= 11 is 0. The molecule has 0 saturated carbocycles. The van der Waals surface area contributed by atoms with Crippen molar-refractivity contribution in [2.24, 2.45) is 0 Å². The molecular formula is C14H15BO3. The molecule has 92 valence electrons. The summed E-state index contributed by atoms with van der Waals surface area (Å²) in [5, 5.41) is 18.4. The Labute approximate surface area is 107 Å². The quantitative estimate of drug-likeness (QED) is 0.799. The van der Waals surface area contributed by atoms with Gasteiger partial charge in [-0.15, -0.1) is 0 Å². The molecular weight excluding hydrogens is 227 g/mol. The van der Waals surface area contributed by atoms with Gasteiger partial charge in [-0.05, 0) is 24.1 Å². The van der Waals surface area contributed by atoms with Gasteiger partial charge in [-0.3, -0.25) is 0 Å². The average molecular weight is 242 g/mol. The predicted molar refractivity (Wildman–Crippen MR) is 73.0 cm³/mol. The lowest BCUT2D eigenvalue weighted by atomic mass is 9.79. The third kappa shape index (κ3) is 2.55. The van der Waals surface area contributed by atoms with Crippen LogP contribution in [0.25, 0.3) is 11.1 Å². The van der Waals surface area contributed by atoms with Crippen LogP contribution in [0.5, 0.6) is 5.75 Å². The first kappa shape index (κ1) is 12.7. The molecule has 0 heterocycles. The molecule has 0 spiro atoms. The largest absolute Gasteiger partial charge is 0.497 e.